The van der Waals surface area contributed by atoms with Crippen molar-refractivity contribution in [1.82, 2.24) is 9.55 Å². The molecule has 0 saturated carbocycles. The van der Waals surface area contributed by atoms with Gasteiger partial charge in [-0.25, -0.2) is 4.79 Å². The summed E-state index contributed by atoms with van der Waals surface area (Å²) in [5.41, 5.74) is 6.43. The molecule has 0 aliphatic carbocycles. The fraction of sp³-hybridized carbons (Fsp3) is 0.600. The lowest BCUT2D eigenvalue weighted by Crippen LogP contribution is -2.35. The highest BCUT2D eigenvalue weighted by atomic mass is 16.6. The number of hydrogen-bond donors (Lipinski definition) is 2. The second kappa shape index (κ2) is 4.88. The molecule has 1 saturated heterocycles. The highest BCUT2D eigenvalue weighted by Gasteiger charge is 2.40. The lowest BCUT2D eigenvalue weighted by molar-refractivity contribution is -0.0951. The van der Waals surface area contributed by atoms with Crippen LogP contribution in [0.25, 0.3) is 10.4 Å². The van der Waals surface area contributed by atoms with Gasteiger partial charge in [0.15, 0.2) is 5.72 Å². The number of H-pyrrole nitrogens is 1. The Morgan fingerprint density at radius 2 is 2.47 bits per heavy atom. The molecule has 2 N–H and O–H groups in total. The van der Waals surface area contributed by atoms with E-state index in [1.54, 1.807) is 6.92 Å². The minimum absolute atomic E-state index is 0.294. The van der Waals surface area contributed by atoms with E-state index in [2.05, 4.69) is 15.0 Å². The van der Waals surface area contributed by atoms with Gasteiger partial charge in [-0.2, -0.15) is 0 Å². The van der Waals surface area contributed by atoms with Crippen LogP contribution in [0.4, 0.5) is 0 Å². The number of aryl methyl sites for hydroxylation is 1. The van der Waals surface area contributed by atoms with Crippen molar-refractivity contribution in [3.05, 3.63) is 43.0 Å². The Balaban J connectivity index is 2.36. The van der Waals surface area contributed by atoms with Gasteiger partial charge in [0.25, 0.3) is 5.56 Å². The van der Waals surface area contributed by atoms with Crippen LogP contribution in [0.5, 0.6) is 0 Å². The Kier molecular flexibility index (Phi) is 3.43. The van der Waals surface area contributed by atoms with E-state index in [1.165, 1.54) is 10.8 Å². The number of hydrogen-bond acceptors (Lipinski definition) is 5. The van der Waals surface area contributed by atoms with Gasteiger partial charge in [0.2, 0.25) is 0 Å². The second-order valence-corrected chi connectivity index (χ2v) is 4.38. The predicted molar refractivity (Wildman–Crippen MR) is 64.4 cm³/mol. The number of azide groups is 1. The third-order valence-electron chi connectivity index (χ3n) is 3.07. The first-order chi connectivity index (χ1) is 9.01. The Morgan fingerprint density at radius 1 is 1.74 bits per heavy atom. The molecule has 1 aliphatic rings. The summed E-state index contributed by atoms with van der Waals surface area (Å²) in [4.78, 5) is 27.8. The average Bonchev–Trinajstić information content (AvgIpc) is 2.79. The van der Waals surface area contributed by atoms with Crippen LogP contribution in [0, 0.1) is 6.92 Å². The van der Waals surface area contributed by atoms with Crippen molar-refractivity contribution >= 4 is 0 Å². The minimum atomic E-state index is -1.34. The maximum atomic E-state index is 11.7. The third-order valence-corrected chi connectivity index (χ3v) is 3.07. The van der Waals surface area contributed by atoms with Gasteiger partial charge in [-0.05, 0) is 25.3 Å². The van der Waals surface area contributed by atoms with Crippen LogP contribution in [0.3, 0.4) is 0 Å². The number of ether oxygens (including phenoxy) is 1. The minimum Gasteiger partial charge on any atom is -0.393 e. The molecular formula is C10H13N5O4. The molecule has 0 aromatic carbocycles. The molecule has 1 aromatic heterocycles. The van der Waals surface area contributed by atoms with Crippen molar-refractivity contribution in [2.45, 2.75) is 31.7 Å². The standard InChI is InChI=1S/C10H13N5O4/c1-6-4-15(9(18)12-8(6)17)7-2-3-10(5-16,19-7)13-14-11/h4,7,16H,2-3,5H2,1H3,(H,12,17,18)/t7-,10?/m1/s1. The zero-order chi connectivity index (χ0) is 14.0. The summed E-state index contributed by atoms with van der Waals surface area (Å²) < 4.78 is 6.69. The molecule has 1 aromatic rings. The van der Waals surface area contributed by atoms with Gasteiger partial charge in [0, 0.05) is 16.7 Å². The van der Waals surface area contributed by atoms with Crippen LogP contribution >= 0.6 is 0 Å². The first-order valence-corrected chi connectivity index (χ1v) is 5.68. The molecular weight excluding hydrogens is 254 g/mol. The number of aromatic amines is 1. The summed E-state index contributed by atoms with van der Waals surface area (Å²) in [5, 5.41) is 12.7. The van der Waals surface area contributed by atoms with Crippen molar-refractivity contribution in [3.63, 3.8) is 0 Å². The van der Waals surface area contributed by atoms with Gasteiger partial charge in [-0.15, -0.1) is 0 Å². The Labute approximate surface area is 107 Å². The monoisotopic (exact) mass is 267 g/mol. The molecule has 2 rings (SSSR count). The van der Waals surface area contributed by atoms with E-state index in [-0.39, 0.29) is 0 Å². The number of nitrogens with one attached hydrogen (secondary N) is 1. The molecule has 0 spiro atoms. The van der Waals surface area contributed by atoms with Crippen molar-refractivity contribution in [2.75, 3.05) is 6.61 Å². The van der Waals surface area contributed by atoms with Crippen LogP contribution in [0.15, 0.2) is 20.9 Å². The summed E-state index contributed by atoms with van der Waals surface area (Å²) in [7, 11) is 0. The molecule has 9 nitrogen and oxygen atoms in total. The summed E-state index contributed by atoms with van der Waals surface area (Å²) in [5.74, 6) is 0. The third kappa shape index (κ3) is 2.39. The van der Waals surface area contributed by atoms with E-state index in [0.717, 1.165) is 0 Å². The highest BCUT2D eigenvalue weighted by molar-refractivity contribution is 5.02. The van der Waals surface area contributed by atoms with E-state index in [0.29, 0.717) is 18.4 Å². The van der Waals surface area contributed by atoms with Crippen LogP contribution in [0.1, 0.15) is 24.6 Å². The van der Waals surface area contributed by atoms with E-state index in [9.17, 15) is 14.7 Å². The molecule has 2 atom stereocenters. The zero-order valence-corrected chi connectivity index (χ0v) is 10.2. The van der Waals surface area contributed by atoms with Gasteiger partial charge >= 0.3 is 5.69 Å². The van der Waals surface area contributed by atoms with Crippen LogP contribution < -0.4 is 11.2 Å². The molecule has 102 valence electrons. The van der Waals surface area contributed by atoms with Crippen molar-refractivity contribution in [3.8, 4) is 0 Å². The smallest absolute Gasteiger partial charge is 0.330 e. The lowest BCUT2D eigenvalue weighted by atomic mass is 10.1. The highest BCUT2D eigenvalue weighted by Crippen LogP contribution is 2.36. The molecule has 1 fully saturated rings. The zero-order valence-electron chi connectivity index (χ0n) is 10.2. The van der Waals surface area contributed by atoms with Crippen molar-refractivity contribution in [1.29, 1.82) is 0 Å². The van der Waals surface area contributed by atoms with Crippen LogP contribution in [-0.2, 0) is 4.74 Å². The SMILES string of the molecule is Cc1cn([C@H]2CCC(CO)(N=[N+]=[N-])O2)c(=O)[nH]c1=O. The quantitative estimate of drug-likeness (QED) is 0.458. The normalized spacial score (nSPS) is 26.1. The van der Waals surface area contributed by atoms with Gasteiger partial charge in [0.05, 0.1) is 6.61 Å². The van der Waals surface area contributed by atoms with Crippen LogP contribution in [0.2, 0.25) is 0 Å². The second-order valence-electron chi connectivity index (χ2n) is 4.38. The Morgan fingerprint density at radius 3 is 3.11 bits per heavy atom. The molecule has 0 radical (unpaired) electrons. The maximum Gasteiger partial charge on any atom is 0.330 e. The van der Waals surface area contributed by atoms with Gasteiger partial charge in [-0.3, -0.25) is 14.3 Å². The number of aliphatic hydroxyl groups is 1. The molecule has 1 aliphatic heterocycles. The average molecular weight is 267 g/mol. The number of rotatable bonds is 3. The maximum absolute atomic E-state index is 11.7. The van der Waals surface area contributed by atoms with Crippen molar-refractivity contribution in [2.24, 2.45) is 5.11 Å². The topological polar surface area (TPSA) is 133 Å². The summed E-state index contributed by atoms with van der Waals surface area (Å²) in [6.07, 6.45) is 1.39. The fourth-order valence-electron chi connectivity index (χ4n) is 2.02. The summed E-state index contributed by atoms with van der Waals surface area (Å²) >= 11 is 0. The Bertz CT molecular complexity index is 644. The lowest BCUT2D eigenvalue weighted by Gasteiger charge is -2.22. The molecule has 2 heterocycles. The van der Waals surface area contributed by atoms with E-state index in [4.69, 9.17) is 10.3 Å². The number of aromatic nitrogens is 2. The number of aliphatic hydroxyl groups excluding tert-OH is 1. The fourth-order valence-corrected chi connectivity index (χ4v) is 2.02. The first-order valence-electron chi connectivity index (χ1n) is 5.68. The molecule has 9 heteroatoms. The largest absolute Gasteiger partial charge is 0.393 e. The van der Waals surface area contributed by atoms with Gasteiger partial charge in [-0.1, -0.05) is 5.11 Å². The predicted octanol–water partition coefficient (Wildman–Crippen LogP) is 0.153. The molecule has 0 bridgehead atoms. The van der Waals surface area contributed by atoms with Gasteiger partial charge < -0.3 is 9.84 Å². The van der Waals surface area contributed by atoms with Crippen molar-refractivity contribution < 1.29 is 9.84 Å². The Hall–Kier alpha value is -2.09. The summed E-state index contributed by atoms with van der Waals surface area (Å²) in [6, 6.07) is 0. The van der Waals surface area contributed by atoms with E-state index < -0.39 is 29.8 Å². The first kappa shape index (κ1) is 13.3. The molecule has 19 heavy (non-hydrogen) atoms. The van der Waals surface area contributed by atoms with Crippen LogP contribution in [-0.4, -0.2) is 27.0 Å². The number of nitrogens with zero attached hydrogens (tertiary/aromatic N) is 4. The molecule has 0 amide bonds. The van der Waals surface area contributed by atoms with E-state index >= 15 is 0 Å². The van der Waals surface area contributed by atoms with Gasteiger partial charge in [0.1, 0.15) is 6.23 Å². The summed E-state index contributed by atoms with van der Waals surface area (Å²) in [6.45, 7) is 1.10. The van der Waals surface area contributed by atoms with E-state index in [1.807, 2.05) is 0 Å². The molecule has 1 unspecified atom stereocenters.